The Morgan fingerprint density at radius 3 is 1.47 bits per heavy atom. The van der Waals surface area contributed by atoms with Crippen molar-refractivity contribution in [2.75, 3.05) is 41.0 Å². The molecule has 0 rings (SSSR count). The van der Waals surface area contributed by atoms with Crippen LogP contribution in [0, 0.1) is 0 Å². The predicted molar refractivity (Wildman–Crippen MR) is 202 cm³/mol. The molecular weight excluding hydrogens is 618 g/mol. The molecule has 0 saturated heterocycles. The van der Waals surface area contributed by atoms with Gasteiger partial charge in [0.15, 0.2) is 12.1 Å². The van der Waals surface area contributed by atoms with Crippen molar-refractivity contribution < 1.29 is 38.2 Å². The normalized spacial score (nSPS) is 13.1. The minimum Gasteiger partial charge on any atom is -0.477 e. The van der Waals surface area contributed by atoms with Crippen LogP contribution in [0.3, 0.4) is 0 Å². The first kappa shape index (κ1) is 47.1. The number of allylic oxidation sites excluding steroid dienone is 2. The lowest BCUT2D eigenvalue weighted by Gasteiger charge is -2.31. The summed E-state index contributed by atoms with van der Waals surface area (Å²) in [7, 11) is 5.52. The second-order valence-corrected chi connectivity index (χ2v) is 14.9. The van der Waals surface area contributed by atoms with Crippen molar-refractivity contribution in [2.24, 2.45) is 0 Å². The van der Waals surface area contributed by atoms with Crippen LogP contribution in [-0.2, 0) is 28.6 Å². The van der Waals surface area contributed by atoms with E-state index in [-0.39, 0.29) is 36.2 Å². The summed E-state index contributed by atoms with van der Waals surface area (Å²) >= 11 is 0. The van der Waals surface area contributed by atoms with E-state index in [1.165, 1.54) is 96.3 Å². The number of unbranched alkanes of at least 4 members (excludes halogenated alkanes) is 20. The zero-order valence-corrected chi connectivity index (χ0v) is 32.7. The van der Waals surface area contributed by atoms with E-state index in [0.29, 0.717) is 19.3 Å². The monoisotopic (exact) mass is 697 g/mol. The Bertz CT molecular complexity index is 823. The van der Waals surface area contributed by atoms with Crippen molar-refractivity contribution in [2.45, 2.75) is 193 Å². The van der Waals surface area contributed by atoms with E-state index in [2.05, 4.69) is 26.0 Å². The van der Waals surface area contributed by atoms with Gasteiger partial charge in [-0.25, -0.2) is 4.79 Å². The van der Waals surface area contributed by atoms with Gasteiger partial charge in [-0.1, -0.05) is 135 Å². The molecule has 2 unspecified atom stereocenters. The molecule has 0 aliphatic rings. The molecule has 288 valence electrons. The van der Waals surface area contributed by atoms with Gasteiger partial charge in [0.2, 0.25) is 0 Å². The van der Waals surface area contributed by atoms with E-state index in [4.69, 9.17) is 14.2 Å². The predicted octanol–water partition coefficient (Wildman–Crippen LogP) is 10.4. The Morgan fingerprint density at radius 1 is 0.592 bits per heavy atom. The van der Waals surface area contributed by atoms with E-state index in [0.717, 1.165) is 51.4 Å². The van der Waals surface area contributed by atoms with Crippen molar-refractivity contribution >= 4 is 17.9 Å². The number of likely N-dealkylation sites (N-methyl/N-ethyl adjacent to an activating group) is 1. The Hall–Kier alpha value is -1.93. The van der Waals surface area contributed by atoms with Crippen LogP contribution < -0.4 is 0 Å². The van der Waals surface area contributed by atoms with Crippen molar-refractivity contribution in [3.8, 4) is 0 Å². The summed E-state index contributed by atoms with van der Waals surface area (Å²) in [5.74, 6) is -1.47. The fourth-order valence-electron chi connectivity index (χ4n) is 5.97. The summed E-state index contributed by atoms with van der Waals surface area (Å²) in [5.41, 5.74) is 0. The third kappa shape index (κ3) is 31.8. The molecule has 0 spiro atoms. The second kappa shape index (κ2) is 33.2. The first-order chi connectivity index (χ1) is 23.6. The molecule has 0 fully saturated rings. The summed E-state index contributed by atoms with van der Waals surface area (Å²) in [5, 5.41) is 9.58. The Morgan fingerprint density at radius 2 is 1.02 bits per heavy atom. The van der Waals surface area contributed by atoms with Gasteiger partial charge in [-0.2, -0.15) is 0 Å². The number of carbonyl (C=O) groups excluding carboxylic acids is 2. The Labute approximate surface area is 301 Å². The van der Waals surface area contributed by atoms with Gasteiger partial charge in [0.05, 0.1) is 34.4 Å². The summed E-state index contributed by atoms with van der Waals surface area (Å²) < 4.78 is 17.2. The zero-order valence-electron chi connectivity index (χ0n) is 32.7. The fourth-order valence-corrected chi connectivity index (χ4v) is 5.97. The number of ether oxygens (including phenoxy) is 3. The number of rotatable bonds is 36. The van der Waals surface area contributed by atoms with Gasteiger partial charge in [-0.05, 0) is 38.5 Å². The highest BCUT2D eigenvalue weighted by Gasteiger charge is 2.31. The van der Waals surface area contributed by atoms with Crippen LogP contribution >= 0.6 is 0 Å². The van der Waals surface area contributed by atoms with Gasteiger partial charge in [-0.3, -0.25) is 9.59 Å². The van der Waals surface area contributed by atoms with Crippen molar-refractivity contribution in [3.63, 3.8) is 0 Å². The molecule has 49 heavy (non-hydrogen) atoms. The van der Waals surface area contributed by atoms with Crippen molar-refractivity contribution in [1.82, 2.24) is 0 Å². The van der Waals surface area contributed by atoms with Crippen molar-refractivity contribution in [1.29, 1.82) is 0 Å². The third-order valence-corrected chi connectivity index (χ3v) is 9.16. The maximum Gasteiger partial charge on any atom is 0.362 e. The quantitative estimate of drug-likeness (QED) is 0.0301. The molecule has 0 saturated carbocycles. The lowest BCUT2D eigenvalue weighted by molar-refractivity contribution is -0.887. The fraction of sp³-hybridized carbons (Fsp3) is 0.878. The Balaban J connectivity index is 4.36. The first-order valence-electron chi connectivity index (χ1n) is 20.2. The largest absolute Gasteiger partial charge is 0.477 e. The van der Waals surface area contributed by atoms with Crippen LogP contribution in [0.5, 0.6) is 0 Å². The van der Waals surface area contributed by atoms with E-state index >= 15 is 0 Å². The number of esters is 2. The van der Waals surface area contributed by atoms with Crippen LogP contribution in [-0.4, -0.2) is 80.6 Å². The molecule has 0 aromatic carbocycles. The molecule has 0 bridgehead atoms. The maximum absolute atomic E-state index is 12.7. The highest BCUT2D eigenvalue weighted by Crippen LogP contribution is 2.14. The molecule has 1 N–H and O–H groups in total. The standard InChI is InChI=1S/C41H77NO7/c1-6-8-10-12-14-16-17-18-19-20-21-22-24-26-28-30-32-40(44)49-37(35-47-34-33-38(41(45)46)42(3,4)5)36-48-39(43)31-29-27-25-23-15-13-11-9-7-2/h19-20,37-38H,6-18,21-36H2,1-5H3/p+1/b20-19+. The van der Waals surface area contributed by atoms with E-state index in [9.17, 15) is 19.5 Å². The van der Waals surface area contributed by atoms with Crippen LogP contribution in [0.4, 0.5) is 0 Å². The van der Waals surface area contributed by atoms with E-state index < -0.39 is 18.1 Å². The average Bonchev–Trinajstić information content (AvgIpc) is 3.05. The van der Waals surface area contributed by atoms with Gasteiger partial charge in [0.1, 0.15) is 6.61 Å². The topological polar surface area (TPSA) is 99.1 Å². The van der Waals surface area contributed by atoms with E-state index in [1.807, 2.05) is 21.1 Å². The number of quaternary nitrogens is 1. The summed E-state index contributed by atoms with van der Waals surface area (Å²) in [4.78, 5) is 36.7. The first-order valence-corrected chi connectivity index (χ1v) is 20.2. The number of carboxylic acids is 1. The molecule has 0 heterocycles. The minimum atomic E-state index is -0.875. The Kier molecular flexibility index (Phi) is 31.9. The second-order valence-electron chi connectivity index (χ2n) is 14.9. The molecule has 8 nitrogen and oxygen atoms in total. The SMILES string of the molecule is CCCCCCCCC/C=C/CCCCCCCC(=O)OC(COCCC(C(=O)O)[N+](C)(C)C)COC(=O)CCCCCCCCCCC. The molecule has 8 heteroatoms. The van der Waals surface area contributed by atoms with E-state index in [1.54, 1.807) is 0 Å². The summed E-state index contributed by atoms with van der Waals surface area (Å²) in [6, 6.07) is -0.610. The lowest BCUT2D eigenvalue weighted by atomic mass is 10.1. The maximum atomic E-state index is 12.7. The molecule has 0 aromatic rings. The van der Waals surface area contributed by atoms with Crippen molar-refractivity contribution in [3.05, 3.63) is 12.2 Å². The van der Waals surface area contributed by atoms with Gasteiger partial charge in [0, 0.05) is 19.3 Å². The highest BCUT2D eigenvalue weighted by molar-refractivity contribution is 5.72. The van der Waals surface area contributed by atoms with Crippen LogP contribution in [0.25, 0.3) is 0 Å². The minimum absolute atomic E-state index is 0.0494. The molecule has 2 atom stereocenters. The molecule has 0 amide bonds. The number of hydrogen-bond donors (Lipinski definition) is 1. The third-order valence-electron chi connectivity index (χ3n) is 9.16. The van der Waals surface area contributed by atoms with Crippen LogP contribution in [0.2, 0.25) is 0 Å². The number of hydrogen-bond acceptors (Lipinski definition) is 6. The summed E-state index contributed by atoms with van der Waals surface area (Å²) in [6.07, 6.45) is 32.5. The molecular formula is C41H78NO7+. The molecule has 0 radical (unpaired) electrons. The van der Waals surface area contributed by atoms with Gasteiger partial charge >= 0.3 is 17.9 Å². The average molecular weight is 697 g/mol. The van der Waals surface area contributed by atoms with Gasteiger partial charge in [-0.15, -0.1) is 0 Å². The van der Waals surface area contributed by atoms with Crippen LogP contribution in [0.15, 0.2) is 12.2 Å². The number of aliphatic carboxylic acids is 1. The zero-order chi connectivity index (χ0) is 36.4. The van der Waals surface area contributed by atoms with Gasteiger partial charge < -0.3 is 23.8 Å². The molecule has 0 aliphatic carbocycles. The number of carbonyl (C=O) groups is 3. The molecule has 0 aliphatic heterocycles. The summed E-state index contributed by atoms with van der Waals surface area (Å²) in [6.45, 7) is 4.71. The molecule has 0 aromatic heterocycles. The lowest BCUT2D eigenvalue weighted by Crippen LogP contribution is -2.50. The van der Waals surface area contributed by atoms with Gasteiger partial charge in [0.25, 0.3) is 0 Å². The number of carboxylic acid groups (broad SMARTS) is 1. The highest BCUT2D eigenvalue weighted by atomic mass is 16.6. The number of nitrogens with zero attached hydrogens (tertiary/aromatic N) is 1. The smallest absolute Gasteiger partial charge is 0.362 e. The van der Waals surface area contributed by atoms with Crippen LogP contribution in [0.1, 0.15) is 181 Å².